The standard InChI is InChI=1S/C18H18ClN3O2S/c1-22(2)15(16-7-4-8-24-16)10-20-17(23)14-11-25-18(21-14)12-5-3-6-13(19)9-12/h3-9,11,15H,10H2,1-2H3,(H,20,23). The highest BCUT2D eigenvalue weighted by Crippen LogP contribution is 2.26. The van der Waals surface area contributed by atoms with Gasteiger partial charge in [0, 0.05) is 22.5 Å². The molecule has 3 rings (SSSR count). The average molecular weight is 376 g/mol. The zero-order valence-corrected chi connectivity index (χ0v) is 15.5. The Morgan fingerprint density at radius 3 is 2.88 bits per heavy atom. The summed E-state index contributed by atoms with van der Waals surface area (Å²) >= 11 is 7.43. The summed E-state index contributed by atoms with van der Waals surface area (Å²) < 4.78 is 5.45. The molecule has 1 N–H and O–H groups in total. The van der Waals surface area contributed by atoms with Crippen LogP contribution in [0.1, 0.15) is 22.3 Å². The first kappa shape index (κ1) is 17.7. The molecule has 0 aliphatic rings. The summed E-state index contributed by atoms with van der Waals surface area (Å²) in [5.41, 5.74) is 1.30. The second kappa shape index (κ2) is 7.82. The molecule has 1 atom stereocenters. The van der Waals surface area contributed by atoms with E-state index in [1.54, 1.807) is 11.6 Å². The number of halogens is 1. The SMILES string of the molecule is CN(C)C(CNC(=O)c1csc(-c2cccc(Cl)c2)n1)c1ccco1. The molecule has 130 valence electrons. The van der Waals surface area contributed by atoms with Crippen molar-refractivity contribution >= 4 is 28.8 Å². The first-order valence-corrected chi connectivity index (χ1v) is 9.00. The number of aromatic nitrogens is 1. The maximum absolute atomic E-state index is 12.4. The quantitative estimate of drug-likeness (QED) is 0.705. The highest BCUT2D eigenvalue weighted by molar-refractivity contribution is 7.13. The van der Waals surface area contributed by atoms with Gasteiger partial charge in [0.25, 0.3) is 5.91 Å². The maximum atomic E-state index is 12.4. The van der Waals surface area contributed by atoms with Crippen molar-refractivity contribution in [2.45, 2.75) is 6.04 Å². The smallest absolute Gasteiger partial charge is 0.270 e. The van der Waals surface area contributed by atoms with Gasteiger partial charge >= 0.3 is 0 Å². The molecule has 0 saturated heterocycles. The van der Waals surface area contributed by atoms with E-state index in [9.17, 15) is 4.79 Å². The Labute approximate surface area is 155 Å². The summed E-state index contributed by atoms with van der Waals surface area (Å²) in [6.07, 6.45) is 1.63. The fourth-order valence-corrected chi connectivity index (χ4v) is 3.42. The predicted octanol–water partition coefficient (Wildman–Crippen LogP) is 4.09. The van der Waals surface area contributed by atoms with Gasteiger partial charge < -0.3 is 9.73 Å². The van der Waals surface area contributed by atoms with Crippen LogP contribution >= 0.6 is 22.9 Å². The van der Waals surface area contributed by atoms with E-state index in [2.05, 4.69) is 10.3 Å². The first-order valence-electron chi connectivity index (χ1n) is 7.74. The van der Waals surface area contributed by atoms with E-state index in [-0.39, 0.29) is 11.9 Å². The molecule has 0 fully saturated rings. The van der Waals surface area contributed by atoms with Crippen LogP contribution in [0, 0.1) is 0 Å². The lowest BCUT2D eigenvalue weighted by Crippen LogP contribution is -2.34. The zero-order valence-electron chi connectivity index (χ0n) is 13.9. The maximum Gasteiger partial charge on any atom is 0.270 e. The molecule has 0 radical (unpaired) electrons. The number of carbonyl (C=O) groups excluding carboxylic acids is 1. The van der Waals surface area contributed by atoms with Crippen molar-refractivity contribution in [3.05, 3.63) is 64.5 Å². The van der Waals surface area contributed by atoms with Crippen molar-refractivity contribution in [1.29, 1.82) is 0 Å². The molecule has 1 unspecified atom stereocenters. The molecule has 7 heteroatoms. The fourth-order valence-electron chi connectivity index (χ4n) is 2.43. The van der Waals surface area contributed by atoms with Gasteiger partial charge in [-0.15, -0.1) is 11.3 Å². The van der Waals surface area contributed by atoms with E-state index in [4.69, 9.17) is 16.0 Å². The number of hydrogen-bond acceptors (Lipinski definition) is 5. The molecule has 0 spiro atoms. The number of rotatable bonds is 6. The average Bonchev–Trinajstić information content (AvgIpc) is 3.26. The summed E-state index contributed by atoms with van der Waals surface area (Å²) in [5.74, 6) is 0.603. The highest BCUT2D eigenvalue weighted by atomic mass is 35.5. The minimum atomic E-state index is -0.206. The third kappa shape index (κ3) is 4.28. The summed E-state index contributed by atoms with van der Waals surface area (Å²) in [6, 6.07) is 11.1. The minimum Gasteiger partial charge on any atom is -0.468 e. The summed E-state index contributed by atoms with van der Waals surface area (Å²) in [7, 11) is 3.89. The van der Waals surface area contributed by atoms with Crippen molar-refractivity contribution in [3.8, 4) is 10.6 Å². The Morgan fingerprint density at radius 1 is 1.36 bits per heavy atom. The summed E-state index contributed by atoms with van der Waals surface area (Å²) in [6.45, 7) is 0.434. The van der Waals surface area contributed by atoms with E-state index < -0.39 is 0 Å². The lowest BCUT2D eigenvalue weighted by molar-refractivity contribution is 0.0935. The second-order valence-electron chi connectivity index (χ2n) is 5.75. The van der Waals surface area contributed by atoms with Gasteiger partial charge in [0.15, 0.2) is 0 Å². The topological polar surface area (TPSA) is 58.4 Å². The molecule has 5 nitrogen and oxygen atoms in total. The van der Waals surface area contributed by atoms with Crippen molar-refractivity contribution in [2.75, 3.05) is 20.6 Å². The molecule has 25 heavy (non-hydrogen) atoms. The van der Waals surface area contributed by atoms with E-state index in [0.29, 0.717) is 17.3 Å². The number of amides is 1. The van der Waals surface area contributed by atoms with Gasteiger partial charge in [-0.3, -0.25) is 9.69 Å². The van der Waals surface area contributed by atoms with Gasteiger partial charge in [-0.05, 0) is 38.4 Å². The van der Waals surface area contributed by atoms with Crippen LogP contribution in [0.25, 0.3) is 10.6 Å². The summed E-state index contributed by atoms with van der Waals surface area (Å²) in [4.78, 5) is 18.8. The van der Waals surface area contributed by atoms with Gasteiger partial charge in [-0.2, -0.15) is 0 Å². The third-order valence-electron chi connectivity index (χ3n) is 3.76. The number of thiazole rings is 1. The van der Waals surface area contributed by atoms with Crippen LogP contribution in [0.3, 0.4) is 0 Å². The van der Waals surface area contributed by atoms with E-state index in [1.807, 2.05) is 55.4 Å². The van der Waals surface area contributed by atoms with Crippen LogP contribution in [0.4, 0.5) is 0 Å². The lowest BCUT2D eigenvalue weighted by atomic mass is 10.2. The zero-order chi connectivity index (χ0) is 17.8. The molecule has 1 aromatic carbocycles. The number of nitrogens with zero attached hydrogens (tertiary/aromatic N) is 2. The van der Waals surface area contributed by atoms with Crippen LogP contribution < -0.4 is 5.32 Å². The normalized spacial score (nSPS) is 12.3. The minimum absolute atomic E-state index is 0.0370. The van der Waals surface area contributed by atoms with Gasteiger partial charge in [-0.25, -0.2) is 4.98 Å². The molecular formula is C18H18ClN3O2S. The number of likely N-dealkylation sites (N-methyl/N-ethyl adjacent to an activating group) is 1. The Kier molecular flexibility index (Phi) is 5.53. The number of benzene rings is 1. The molecule has 0 aliphatic carbocycles. The molecule has 0 bridgehead atoms. The van der Waals surface area contributed by atoms with Crippen molar-refractivity contribution in [1.82, 2.24) is 15.2 Å². The molecule has 1 amide bonds. The van der Waals surface area contributed by atoms with Gasteiger partial charge in [-0.1, -0.05) is 23.7 Å². The number of nitrogens with one attached hydrogen (secondary N) is 1. The number of hydrogen-bond donors (Lipinski definition) is 1. The third-order valence-corrected chi connectivity index (χ3v) is 4.89. The molecule has 3 aromatic rings. The highest BCUT2D eigenvalue weighted by Gasteiger charge is 2.19. The fraction of sp³-hybridized carbons (Fsp3) is 0.222. The van der Waals surface area contributed by atoms with Crippen molar-refractivity contribution < 1.29 is 9.21 Å². The molecule has 2 aromatic heterocycles. The van der Waals surface area contributed by atoms with Crippen LogP contribution in [0.2, 0.25) is 5.02 Å². The van der Waals surface area contributed by atoms with Crippen LogP contribution in [0.5, 0.6) is 0 Å². The van der Waals surface area contributed by atoms with E-state index >= 15 is 0 Å². The van der Waals surface area contributed by atoms with Crippen LogP contribution in [-0.2, 0) is 0 Å². The van der Waals surface area contributed by atoms with Gasteiger partial charge in [0.05, 0.1) is 12.3 Å². The Morgan fingerprint density at radius 2 is 2.20 bits per heavy atom. The van der Waals surface area contributed by atoms with Crippen LogP contribution in [-0.4, -0.2) is 36.4 Å². The van der Waals surface area contributed by atoms with Crippen molar-refractivity contribution in [2.24, 2.45) is 0 Å². The van der Waals surface area contributed by atoms with Crippen LogP contribution in [0.15, 0.2) is 52.5 Å². The molecular weight excluding hydrogens is 358 g/mol. The summed E-state index contributed by atoms with van der Waals surface area (Å²) in [5, 5.41) is 6.09. The second-order valence-corrected chi connectivity index (χ2v) is 7.05. The first-order chi connectivity index (χ1) is 12.0. The Hall–Kier alpha value is -2.15. The molecule has 2 heterocycles. The Balaban J connectivity index is 1.68. The predicted molar refractivity (Wildman–Crippen MR) is 100 cm³/mol. The Bertz CT molecular complexity index is 846. The largest absolute Gasteiger partial charge is 0.468 e. The lowest BCUT2D eigenvalue weighted by Gasteiger charge is -2.22. The number of furan rings is 1. The number of carbonyl (C=O) groups is 1. The van der Waals surface area contributed by atoms with E-state index in [0.717, 1.165) is 16.3 Å². The van der Waals surface area contributed by atoms with Crippen molar-refractivity contribution in [3.63, 3.8) is 0 Å². The molecule has 0 saturated carbocycles. The monoisotopic (exact) mass is 375 g/mol. The van der Waals surface area contributed by atoms with Gasteiger partial charge in [0.1, 0.15) is 16.5 Å². The van der Waals surface area contributed by atoms with Gasteiger partial charge in [0.2, 0.25) is 0 Å². The van der Waals surface area contributed by atoms with E-state index in [1.165, 1.54) is 11.3 Å². The molecule has 0 aliphatic heterocycles.